The number of benzene rings is 4. The second-order valence-electron chi connectivity index (χ2n) is 11.5. The first-order chi connectivity index (χ1) is 20.9. The molecule has 1 fully saturated rings. The molecule has 1 unspecified atom stereocenters. The van der Waals surface area contributed by atoms with Crippen molar-refractivity contribution in [2.45, 2.75) is 44.3 Å². The molecule has 226 valence electrons. The van der Waals surface area contributed by atoms with Crippen LogP contribution in [0.25, 0.3) is 16.5 Å². The zero-order valence-electron chi connectivity index (χ0n) is 24.0. The van der Waals surface area contributed by atoms with Crippen LogP contribution in [0.4, 0.5) is 28.9 Å². The molecule has 5 N–H and O–H groups in total. The molecule has 6 rings (SSSR count). The molecule has 44 heavy (non-hydrogen) atoms. The summed E-state index contributed by atoms with van der Waals surface area (Å²) in [6, 6.07) is 22.8. The van der Waals surface area contributed by atoms with Crippen molar-refractivity contribution in [1.29, 1.82) is 0 Å². The predicted octanol–water partition coefficient (Wildman–Crippen LogP) is 7.72. The molecule has 1 atom stereocenters. The van der Waals surface area contributed by atoms with Crippen LogP contribution < -0.4 is 16.8 Å². The Hall–Kier alpha value is -4.70. The number of hydrogen-bond donors (Lipinski definition) is 3. The van der Waals surface area contributed by atoms with Crippen LogP contribution in [0, 0.1) is 18.7 Å². The molecule has 1 heterocycles. The van der Waals surface area contributed by atoms with Crippen LogP contribution in [-0.4, -0.2) is 15.7 Å². The number of nitrogens with zero attached hydrogens (tertiary/aromatic N) is 2. The minimum atomic E-state index is -4.83. The van der Waals surface area contributed by atoms with Crippen molar-refractivity contribution in [1.82, 2.24) is 9.78 Å². The number of fused-ring (bicyclic) bond motifs is 1. The van der Waals surface area contributed by atoms with Crippen LogP contribution in [0.15, 0.2) is 84.9 Å². The third kappa shape index (κ3) is 5.65. The summed E-state index contributed by atoms with van der Waals surface area (Å²) in [5.41, 5.74) is 13.3. The number of halogens is 4. The number of aromatic nitrogens is 2. The van der Waals surface area contributed by atoms with Gasteiger partial charge in [-0.15, -0.1) is 0 Å². The van der Waals surface area contributed by atoms with Crippen molar-refractivity contribution in [2.75, 3.05) is 11.1 Å². The highest BCUT2D eigenvalue weighted by molar-refractivity contribution is 6.04. The fourth-order valence-corrected chi connectivity index (χ4v) is 5.56. The van der Waals surface area contributed by atoms with E-state index in [0.717, 1.165) is 40.5 Å². The molecule has 0 aliphatic heterocycles. The first-order valence-corrected chi connectivity index (χ1v) is 14.4. The Morgan fingerprint density at radius 3 is 2.41 bits per heavy atom. The van der Waals surface area contributed by atoms with Gasteiger partial charge >= 0.3 is 6.18 Å². The lowest BCUT2D eigenvalue weighted by Crippen LogP contribution is -2.38. The van der Waals surface area contributed by atoms with Crippen LogP contribution in [-0.2, 0) is 11.7 Å². The lowest BCUT2D eigenvalue weighted by atomic mass is 9.79. The number of amides is 1. The largest absolute Gasteiger partial charge is 0.435 e. The third-order valence-electron chi connectivity index (χ3n) is 8.40. The fourth-order valence-electron chi connectivity index (χ4n) is 5.56. The lowest BCUT2D eigenvalue weighted by Gasteiger charge is -2.31. The monoisotopic (exact) mass is 601 g/mol. The molecule has 6 nitrogen and oxygen atoms in total. The Morgan fingerprint density at radius 1 is 0.977 bits per heavy atom. The number of nitrogen functional groups attached to an aromatic ring is 1. The zero-order valence-corrected chi connectivity index (χ0v) is 24.0. The summed E-state index contributed by atoms with van der Waals surface area (Å²) in [5, 5.41) is 7.57. The highest BCUT2D eigenvalue weighted by Gasteiger charge is 2.37. The highest BCUT2D eigenvalue weighted by atomic mass is 19.4. The molecule has 0 bridgehead atoms. The summed E-state index contributed by atoms with van der Waals surface area (Å²) in [7, 11) is 0. The van der Waals surface area contributed by atoms with Crippen LogP contribution >= 0.6 is 0 Å². The van der Waals surface area contributed by atoms with Gasteiger partial charge in [0.1, 0.15) is 11.5 Å². The van der Waals surface area contributed by atoms with Crippen LogP contribution in [0.2, 0.25) is 0 Å². The molecule has 1 amide bonds. The number of nitrogens with one attached hydrogen (secondary N) is 1. The van der Waals surface area contributed by atoms with E-state index in [0.29, 0.717) is 35.0 Å². The Kier molecular flexibility index (Phi) is 7.41. The summed E-state index contributed by atoms with van der Waals surface area (Å²) >= 11 is 0. The maximum atomic E-state index is 15.2. The van der Waals surface area contributed by atoms with E-state index < -0.39 is 34.8 Å². The minimum Gasteiger partial charge on any atom is -0.398 e. The summed E-state index contributed by atoms with van der Waals surface area (Å²) in [5.74, 6) is -1.13. The number of nitrogens with two attached hydrogens (primary N) is 2. The first kappa shape index (κ1) is 29.4. The van der Waals surface area contributed by atoms with Crippen LogP contribution in [0.5, 0.6) is 0 Å². The summed E-state index contributed by atoms with van der Waals surface area (Å²) in [6.07, 6.45) is -1.04. The van der Waals surface area contributed by atoms with Crippen molar-refractivity contribution in [3.05, 3.63) is 119 Å². The van der Waals surface area contributed by atoms with E-state index in [2.05, 4.69) is 10.4 Å². The molecule has 10 heteroatoms. The van der Waals surface area contributed by atoms with Gasteiger partial charge in [-0.25, -0.2) is 9.07 Å². The van der Waals surface area contributed by atoms with Gasteiger partial charge in [0.05, 0.1) is 16.9 Å². The quantitative estimate of drug-likeness (QED) is 0.125. The topological polar surface area (TPSA) is 99.0 Å². The Bertz CT molecular complexity index is 1860. The summed E-state index contributed by atoms with van der Waals surface area (Å²) in [4.78, 5) is 13.6. The number of rotatable bonds is 8. The predicted molar refractivity (Wildman–Crippen MR) is 163 cm³/mol. The molecule has 0 saturated heterocycles. The van der Waals surface area contributed by atoms with Gasteiger partial charge in [0.25, 0.3) is 5.91 Å². The van der Waals surface area contributed by atoms with E-state index in [1.807, 2.05) is 49.4 Å². The summed E-state index contributed by atoms with van der Waals surface area (Å²) < 4.78 is 57.5. The minimum absolute atomic E-state index is 0.190. The fraction of sp³-hybridized carbons (Fsp3) is 0.235. The summed E-state index contributed by atoms with van der Waals surface area (Å²) in [6.45, 7) is 1.82. The van der Waals surface area contributed by atoms with Gasteiger partial charge in [0.2, 0.25) is 0 Å². The Morgan fingerprint density at radius 2 is 1.70 bits per heavy atom. The van der Waals surface area contributed by atoms with Crippen LogP contribution in [0.1, 0.15) is 58.6 Å². The SMILES string of the molecule is Cc1ccc2ccc(-n3nc(C(F)(F)F)cc3C(=O)Nc3cc(C(N)(CCC4CC4)c4ccccc4)ccc3F)cc2c1N. The van der Waals surface area contributed by atoms with Crippen molar-refractivity contribution in [3.8, 4) is 5.69 Å². The van der Waals surface area contributed by atoms with Gasteiger partial charge in [0, 0.05) is 17.1 Å². The smallest absolute Gasteiger partial charge is 0.398 e. The molecule has 1 saturated carbocycles. The van der Waals surface area contributed by atoms with Crippen LogP contribution in [0.3, 0.4) is 0 Å². The van der Waals surface area contributed by atoms with Gasteiger partial charge in [-0.3, -0.25) is 4.79 Å². The number of carbonyl (C=O) groups is 1. The molecular formula is C34H31F4N5O. The standard InChI is InChI=1S/C34H31F4N5O/c1-20-7-10-22-11-13-25(18-26(22)31(20)39)43-29(19-30(42-43)34(36,37)38)32(44)41-28-17-24(12-14-27(28)35)33(40,16-15-21-8-9-21)23-5-3-2-4-6-23/h2-7,10-14,17-19,21H,8-9,15-16,39-40H2,1H3,(H,41,44). The maximum absolute atomic E-state index is 15.2. The van der Waals surface area contributed by atoms with Crippen molar-refractivity contribution < 1.29 is 22.4 Å². The van der Waals surface area contributed by atoms with E-state index in [-0.39, 0.29) is 11.4 Å². The van der Waals surface area contributed by atoms with E-state index >= 15 is 4.39 Å². The van der Waals surface area contributed by atoms with Gasteiger partial charge in [-0.1, -0.05) is 67.4 Å². The van der Waals surface area contributed by atoms with Gasteiger partial charge in [-0.05, 0) is 72.0 Å². The maximum Gasteiger partial charge on any atom is 0.435 e. The van der Waals surface area contributed by atoms with E-state index in [1.54, 1.807) is 24.3 Å². The Labute approximate surface area is 251 Å². The number of hydrogen-bond acceptors (Lipinski definition) is 4. The van der Waals surface area contributed by atoms with Gasteiger partial charge in [0.15, 0.2) is 5.69 Å². The molecule has 4 aromatic carbocycles. The molecule has 1 aliphatic carbocycles. The first-order valence-electron chi connectivity index (χ1n) is 14.4. The second-order valence-corrected chi connectivity index (χ2v) is 11.5. The number of anilines is 2. The van der Waals surface area contributed by atoms with E-state index in [4.69, 9.17) is 11.5 Å². The average Bonchev–Trinajstić information content (AvgIpc) is 3.73. The molecule has 1 aliphatic rings. The van der Waals surface area contributed by atoms with Crippen molar-refractivity contribution >= 4 is 28.1 Å². The van der Waals surface area contributed by atoms with E-state index in [1.165, 1.54) is 12.1 Å². The van der Waals surface area contributed by atoms with Gasteiger partial charge in [-0.2, -0.15) is 18.3 Å². The Balaban J connectivity index is 1.39. The number of alkyl halides is 3. The molecular weight excluding hydrogens is 570 g/mol. The highest BCUT2D eigenvalue weighted by Crippen LogP contribution is 2.40. The molecule has 5 aromatic rings. The average molecular weight is 602 g/mol. The van der Waals surface area contributed by atoms with Crippen molar-refractivity contribution in [3.63, 3.8) is 0 Å². The van der Waals surface area contributed by atoms with E-state index in [9.17, 15) is 18.0 Å². The number of aryl methyl sites for hydroxylation is 1. The third-order valence-corrected chi connectivity index (χ3v) is 8.40. The van der Waals surface area contributed by atoms with Crippen molar-refractivity contribution in [2.24, 2.45) is 11.7 Å². The normalized spacial score (nSPS) is 14.9. The van der Waals surface area contributed by atoms with Gasteiger partial charge < -0.3 is 16.8 Å². The lowest BCUT2D eigenvalue weighted by molar-refractivity contribution is -0.141. The second kappa shape index (κ2) is 11.1. The zero-order chi connectivity index (χ0) is 31.2. The molecule has 0 radical (unpaired) electrons. The molecule has 1 aromatic heterocycles. The molecule has 0 spiro atoms. The number of carbonyl (C=O) groups excluding carboxylic acids is 1.